The molecule has 3 rings (SSSR count). The molecular weight excluding hydrogens is 312 g/mol. The van der Waals surface area contributed by atoms with Crippen LogP contribution in [0.2, 0.25) is 0 Å². The molecule has 0 heterocycles. The smallest absolute Gasteiger partial charge is 0.253 e. The lowest BCUT2D eigenvalue weighted by Gasteiger charge is -2.16. The van der Waals surface area contributed by atoms with E-state index >= 15 is 0 Å². The fraction of sp³-hybridized carbons (Fsp3) is 0.333. The molecule has 2 aromatic rings. The molecule has 2 amide bonds. The first-order valence-electron chi connectivity index (χ1n) is 8.67. The van der Waals surface area contributed by atoms with Crippen molar-refractivity contribution in [2.75, 3.05) is 20.6 Å². The molecule has 0 unspecified atom stereocenters. The maximum atomic E-state index is 12.6. The Balaban J connectivity index is 1.58. The van der Waals surface area contributed by atoms with Gasteiger partial charge in [0.2, 0.25) is 5.91 Å². The van der Waals surface area contributed by atoms with Gasteiger partial charge in [0.05, 0.1) is 5.41 Å². The molecule has 25 heavy (non-hydrogen) atoms. The van der Waals surface area contributed by atoms with E-state index in [9.17, 15) is 9.59 Å². The molecule has 1 aliphatic rings. The number of amides is 2. The van der Waals surface area contributed by atoms with Gasteiger partial charge in [-0.3, -0.25) is 9.59 Å². The van der Waals surface area contributed by atoms with E-state index in [0.29, 0.717) is 18.5 Å². The van der Waals surface area contributed by atoms with Crippen LogP contribution in [0.15, 0.2) is 54.6 Å². The van der Waals surface area contributed by atoms with Crippen LogP contribution in [-0.4, -0.2) is 37.4 Å². The van der Waals surface area contributed by atoms with Crippen LogP contribution in [0, 0.1) is 0 Å². The van der Waals surface area contributed by atoms with Crippen LogP contribution in [0.3, 0.4) is 0 Å². The minimum atomic E-state index is -0.329. The first-order chi connectivity index (χ1) is 12.0. The highest BCUT2D eigenvalue weighted by Crippen LogP contribution is 2.48. The summed E-state index contributed by atoms with van der Waals surface area (Å²) in [5, 5.41) is 3.07. The number of benzene rings is 2. The molecule has 0 spiro atoms. The zero-order valence-electron chi connectivity index (χ0n) is 14.8. The van der Waals surface area contributed by atoms with Gasteiger partial charge in [-0.15, -0.1) is 0 Å². The van der Waals surface area contributed by atoms with Gasteiger partial charge >= 0.3 is 0 Å². The van der Waals surface area contributed by atoms with E-state index in [1.807, 2.05) is 54.6 Å². The van der Waals surface area contributed by atoms with Crippen molar-refractivity contribution >= 4 is 11.8 Å². The second-order valence-electron chi connectivity index (χ2n) is 6.85. The summed E-state index contributed by atoms with van der Waals surface area (Å²) in [7, 11) is 3.49. The molecule has 0 radical (unpaired) electrons. The SMILES string of the molecule is CN(C)C(=O)c1cccc(CCNC(=O)C2(c3ccccc3)CC2)c1. The van der Waals surface area contributed by atoms with Gasteiger partial charge in [0, 0.05) is 26.2 Å². The number of nitrogens with one attached hydrogen (secondary N) is 1. The summed E-state index contributed by atoms with van der Waals surface area (Å²) < 4.78 is 0. The summed E-state index contributed by atoms with van der Waals surface area (Å²) in [6, 6.07) is 17.6. The average molecular weight is 336 g/mol. The third-order valence-electron chi connectivity index (χ3n) is 4.79. The summed E-state index contributed by atoms with van der Waals surface area (Å²) >= 11 is 0. The fourth-order valence-electron chi connectivity index (χ4n) is 3.14. The van der Waals surface area contributed by atoms with Crippen molar-refractivity contribution in [3.63, 3.8) is 0 Å². The Morgan fingerprint density at radius 1 is 1.04 bits per heavy atom. The first-order valence-corrected chi connectivity index (χ1v) is 8.67. The predicted octanol–water partition coefficient (Wildman–Crippen LogP) is 2.78. The molecule has 4 heteroatoms. The van der Waals surface area contributed by atoms with Crippen LogP contribution >= 0.6 is 0 Å². The van der Waals surface area contributed by atoms with Gasteiger partial charge in [0.1, 0.15) is 0 Å². The van der Waals surface area contributed by atoms with Gasteiger partial charge in [-0.2, -0.15) is 0 Å². The summed E-state index contributed by atoms with van der Waals surface area (Å²) in [6.45, 7) is 0.576. The maximum Gasteiger partial charge on any atom is 0.253 e. The van der Waals surface area contributed by atoms with Gasteiger partial charge in [0.15, 0.2) is 0 Å². The monoisotopic (exact) mass is 336 g/mol. The van der Waals surface area contributed by atoms with E-state index in [-0.39, 0.29) is 17.2 Å². The minimum absolute atomic E-state index is 0.00750. The predicted molar refractivity (Wildman–Crippen MR) is 98.5 cm³/mol. The highest BCUT2D eigenvalue weighted by atomic mass is 16.2. The highest BCUT2D eigenvalue weighted by Gasteiger charge is 2.50. The number of hydrogen-bond donors (Lipinski definition) is 1. The van der Waals surface area contributed by atoms with Crippen molar-refractivity contribution in [3.05, 3.63) is 71.3 Å². The van der Waals surface area contributed by atoms with E-state index < -0.39 is 0 Å². The van der Waals surface area contributed by atoms with Gasteiger partial charge in [-0.05, 0) is 42.5 Å². The zero-order valence-corrected chi connectivity index (χ0v) is 14.8. The molecule has 0 bridgehead atoms. The Morgan fingerprint density at radius 3 is 2.40 bits per heavy atom. The second-order valence-corrected chi connectivity index (χ2v) is 6.85. The normalized spacial score (nSPS) is 14.6. The van der Waals surface area contributed by atoms with Crippen LogP contribution in [0.1, 0.15) is 34.3 Å². The molecule has 2 aromatic carbocycles. The van der Waals surface area contributed by atoms with Crippen molar-refractivity contribution in [3.8, 4) is 0 Å². The number of nitrogens with zero attached hydrogens (tertiary/aromatic N) is 1. The number of rotatable bonds is 6. The first kappa shape index (κ1) is 17.2. The van der Waals surface area contributed by atoms with E-state index in [1.165, 1.54) is 0 Å². The number of carbonyl (C=O) groups is 2. The maximum absolute atomic E-state index is 12.6. The second kappa shape index (κ2) is 7.09. The Kier molecular flexibility index (Phi) is 4.88. The van der Waals surface area contributed by atoms with Gasteiger partial charge in [0.25, 0.3) is 5.91 Å². The van der Waals surface area contributed by atoms with Crippen molar-refractivity contribution in [2.24, 2.45) is 0 Å². The topological polar surface area (TPSA) is 49.4 Å². The Morgan fingerprint density at radius 2 is 1.76 bits per heavy atom. The Labute approximate surface area is 148 Å². The van der Waals surface area contributed by atoms with E-state index in [4.69, 9.17) is 0 Å². The van der Waals surface area contributed by atoms with Crippen LogP contribution < -0.4 is 5.32 Å². The standard InChI is InChI=1S/C21H24N2O2/c1-23(2)19(24)17-8-6-7-16(15-17)11-14-22-20(25)21(12-13-21)18-9-4-3-5-10-18/h3-10,15H,11-14H2,1-2H3,(H,22,25). The summed E-state index contributed by atoms with van der Waals surface area (Å²) in [6.07, 6.45) is 2.54. The molecule has 0 saturated heterocycles. The quantitative estimate of drug-likeness (QED) is 0.882. The zero-order chi connectivity index (χ0) is 17.9. The molecule has 1 aliphatic carbocycles. The van der Waals surface area contributed by atoms with Crippen molar-refractivity contribution in [1.29, 1.82) is 0 Å². The molecular formula is C21H24N2O2. The van der Waals surface area contributed by atoms with Gasteiger partial charge in [-0.1, -0.05) is 42.5 Å². The average Bonchev–Trinajstić information content (AvgIpc) is 3.44. The molecule has 130 valence electrons. The lowest BCUT2D eigenvalue weighted by molar-refractivity contribution is -0.123. The third kappa shape index (κ3) is 3.73. The summed E-state index contributed by atoms with van der Waals surface area (Å²) in [4.78, 5) is 26.2. The fourth-order valence-corrected chi connectivity index (χ4v) is 3.14. The van der Waals surface area contributed by atoms with E-state index in [1.54, 1.807) is 19.0 Å². The molecule has 0 aliphatic heterocycles. The van der Waals surface area contributed by atoms with Crippen LogP contribution in [0.4, 0.5) is 0 Å². The highest BCUT2D eigenvalue weighted by molar-refractivity contribution is 5.94. The van der Waals surface area contributed by atoms with Gasteiger partial charge in [-0.25, -0.2) is 0 Å². The van der Waals surface area contributed by atoms with E-state index in [0.717, 1.165) is 24.0 Å². The van der Waals surface area contributed by atoms with Crippen molar-refractivity contribution in [1.82, 2.24) is 10.2 Å². The Bertz CT molecular complexity index is 764. The Hall–Kier alpha value is -2.62. The number of carbonyl (C=O) groups excluding carboxylic acids is 2. The van der Waals surface area contributed by atoms with Crippen LogP contribution in [-0.2, 0) is 16.6 Å². The molecule has 0 aromatic heterocycles. The minimum Gasteiger partial charge on any atom is -0.355 e. The molecule has 4 nitrogen and oxygen atoms in total. The summed E-state index contributed by atoms with van der Waals surface area (Å²) in [5.41, 5.74) is 2.50. The van der Waals surface area contributed by atoms with Crippen molar-refractivity contribution < 1.29 is 9.59 Å². The van der Waals surface area contributed by atoms with E-state index in [2.05, 4.69) is 5.32 Å². The number of hydrogen-bond acceptors (Lipinski definition) is 2. The lowest BCUT2D eigenvalue weighted by atomic mass is 9.95. The molecule has 1 saturated carbocycles. The van der Waals surface area contributed by atoms with Crippen LogP contribution in [0.5, 0.6) is 0 Å². The molecule has 0 atom stereocenters. The van der Waals surface area contributed by atoms with Gasteiger partial charge < -0.3 is 10.2 Å². The largest absolute Gasteiger partial charge is 0.355 e. The molecule has 1 fully saturated rings. The molecule has 1 N–H and O–H groups in total. The van der Waals surface area contributed by atoms with Crippen molar-refractivity contribution in [2.45, 2.75) is 24.7 Å². The summed E-state index contributed by atoms with van der Waals surface area (Å²) in [5.74, 6) is 0.103. The third-order valence-corrected chi connectivity index (χ3v) is 4.79. The lowest BCUT2D eigenvalue weighted by Crippen LogP contribution is -2.35. The van der Waals surface area contributed by atoms with Crippen LogP contribution in [0.25, 0.3) is 0 Å².